The van der Waals surface area contributed by atoms with E-state index in [0.29, 0.717) is 17.5 Å². The molecule has 92 valence electrons. The Hall–Kier alpha value is -1.51. The van der Waals surface area contributed by atoms with Crippen LogP contribution in [0.3, 0.4) is 0 Å². The van der Waals surface area contributed by atoms with Gasteiger partial charge in [-0.2, -0.15) is 0 Å². The maximum Gasteiger partial charge on any atom is 0.335 e. The van der Waals surface area contributed by atoms with E-state index >= 15 is 0 Å². The minimum atomic E-state index is -0.873. The van der Waals surface area contributed by atoms with Crippen LogP contribution in [0.25, 0.3) is 0 Å². The maximum atomic E-state index is 10.7. The van der Waals surface area contributed by atoms with E-state index in [1.807, 2.05) is 12.1 Å². The number of rotatable bonds is 3. The summed E-state index contributed by atoms with van der Waals surface area (Å²) >= 11 is 0. The summed E-state index contributed by atoms with van der Waals surface area (Å²) in [5, 5.41) is 12.3. The molecule has 17 heavy (non-hydrogen) atoms. The SMILES string of the molecule is C[C@@H]1CCCC[C@H]1Nc1ccc(C(=O)O)cc1. The number of hydrogen-bond acceptors (Lipinski definition) is 2. The Morgan fingerprint density at radius 3 is 2.47 bits per heavy atom. The quantitative estimate of drug-likeness (QED) is 0.841. The van der Waals surface area contributed by atoms with E-state index in [1.165, 1.54) is 25.7 Å². The Morgan fingerprint density at radius 1 is 1.24 bits per heavy atom. The Kier molecular flexibility index (Phi) is 3.67. The fourth-order valence-electron chi connectivity index (χ4n) is 2.45. The van der Waals surface area contributed by atoms with Gasteiger partial charge in [-0.15, -0.1) is 0 Å². The topological polar surface area (TPSA) is 49.3 Å². The predicted octanol–water partition coefficient (Wildman–Crippen LogP) is 3.38. The van der Waals surface area contributed by atoms with Crippen molar-refractivity contribution in [1.82, 2.24) is 0 Å². The van der Waals surface area contributed by atoms with Crippen molar-refractivity contribution in [2.24, 2.45) is 5.92 Å². The summed E-state index contributed by atoms with van der Waals surface area (Å²) in [6.07, 6.45) is 5.11. The molecule has 1 aliphatic carbocycles. The lowest BCUT2D eigenvalue weighted by Crippen LogP contribution is -2.30. The van der Waals surface area contributed by atoms with Crippen LogP contribution >= 0.6 is 0 Å². The van der Waals surface area contributed by atoms with Gasteiger partial charge in [-0.1, -0.05) is 19.8 Å². The van der Waals surface area contributed by atoms with Gasteiger partial charge in [-0.3, -0.25) is 0 Å². The minimum Gasteiger partial charge on any atom is -0.478 e. The molecule has 1 aliphatic rings. The molecular formula is C14H19NO2. The van der Waals surface area contributed by atoms with Gasteiger partial charge in [0.2, 0.25) is 0 Å². The zero-order valence-electron chi connectivity index (χ0n) is 10.1. The molecule has 1 aromatic rings. The Morgan fingerprint density at radius 2 is 1.88 bits per heavy atom. The fourth-order valence-corrected chi connectivity index (χ4v) is 2.45. The smallest absolute Gasteiger partial charge is 0.335 e. The Bertz CT molecular complexity index is 386. The van der Waals surface area contributed by atoms with Gasteiger partial charge < -0.3 is 10.4 Å². The molecule has 3 nitrogen and oxygen atoms in total. The van der Waals surface area contributed by atoms with Crippen molar-refractivity contribution in [3.63, 3.8) is 0 Å². The van der Waals surface area contributed by atoms with Crippen molar-refractivity contribution < 1.29 is 9.90 Å². The van der Waals surface area contributed by atoms with Crippen LogP contribution in [0.5, 0.6) is 0 Å². The van der Waals surface area contributed by atoms with Gasteiger partial charge in [-0.05, 0) is 43.0 Å². The van der Waals surface area contributed by atoms with Gasteiger partial charge in [0, 0.05) is 11.7 Å². The van der Waals surface area contributed by atoms with Crippen LogP contribution in [-0.2, 0) is 0 Å². The van der Waals surface area contributed by atoms with Crippen molar-refractivity contribution in [1.29, 1.82) is 0 Å². The molecule has 0 aromatic heterocycles. The lowest BCUT2D eigenvalue weighted by Gasteiger charge is -2.30. The lowest BCUT2D eigenvalue weighted by atomic mass is 9.86. The number of carboxylic acids is 1. The zero-order chi connectivity index (χ0) is 12.3. The largest absolute Gasteiger partial charge is 0.478 e. The summed E-state index contributed by atoms with van der Waals surface area (Å²) < 4.78 is 0. The van der Waals surface area contributed by atoms with E-state index in [-0.39, 0.29) is 0 Å². The van der Waals surface area contributed by atoms with E-state index in [0.717, 1.165) is 5.69 Å². The van der Waals surface area contributed by atoms with Gasteiger partial charge in [0.1, 0.15) is 0 Å². The summed E-state index contributed by atoms with van der Waals surface area (Å²) in [4.78, 5) is 10.7. The number of hydrogen-bond donors (Lipinski definition) is 2. The third-order valence-electron chi connectivity index (χ3n) is 3.60. The van der Waals surface area contributed by atoms with E-state index in [2.05, 4.69) is 12.2 Å². The molecule has 0 saturated heterocycles. The minimum absolute atomic E-state index is 0.340. The zero-order valence-corrected chi connectivity index (χ0v) is 10.1. The summed E-state index contributed by atoms with van der Waals surface area (Å²) in [6.45, 7) is 2.28. The van der Waals surface area contributed by atoms with Crippen molar-refractivity contribution in [2.75, 3.05) is 5.32 Å². The van der Waals surface area contributed by atoms with Crippen molar-refractivity contribution in [3.05, 3.63) is 29.8 Å². The standard InChI is InChI=1S/C14H19NO2/c1-10-4-2-3-5-13(10)15-12-8-6-11(7-9-12)14(16)17/h6-10,13,15H,2-5H2,1H3,(H,16,17)/t10-,13-/m1/s1. The highest BCUT2D eigenvalue weighted by molar-refractivity contribution is 5.87. The molecule has 1 fully saturated rings. The maximum absolute atomic E-state index is 10.7. The number of anilines is 1. The van der Waals surface area contributed by atoms with Gasteiger partial charge in [-0.25, -0.2) is 4.79 Å². The van der Waals surface area contributed by atoms with Crippen LogP contribution in [0.1, 0.15) is 43.0 Å². The highest BCUT2D eigenvalue weighted by Crippen LogP contribution is 2.26. The van der Waals surface area contributed by atoms with Crippen LogP contribution in [0, 0.1) is 5.92 Å². The molecule has 0 heterocycles. The molecule has 2 atom stereocenters. The van der Waals surface area contributed by atoms with E-state index in [4.69, 9.17) is 5.11 Å². The monoisotopic (exact) mass is 233 g/mol. The van der Waals surface area contributed by atoms with Gasteiger partial charge in [0.25, 0.3) is 0 Å². The van der Waals surface area contributed by atoms with E-state index in [1.54, 1.807) is 12.1 Å². The van der Waals surface area contributed by atoms with Gasteiger partial charge >= 0.3 is 5.97 Å². The molecule has 3 heteroatoms. The number of nitrogens with one attached hydrogen (secondary N) is 1. The molecule has 0 aliphatic heterocycles. The molecule has 2 N–H and O–H groups in total. The van der Waals surface area contributed by atoms with Gasteiger partial charge in [0.05, 0.1) is 5.56 Å². The number of carbonyl (C=O) groups is 1. The molecule has 0 bridgehead atoms. The first kappa shape index (κ1) is 12.0. The fraction of sp³-hybridized carbons (Fsp3) is 0.500. The van der Waals surface area contributed by atoms with Crippen LogP contribution < -0.4 is 5.32 Å². The third-order valence-corrected chi connectivity index (χ3v) is 3.60. The Balaban J connectivity index is 2.00. The van der Waals surface area contributed by atoms with Crippen LogP contribution in [-0.4, -0.2) is 17.1 Å². The average molecular weight is 233 g/mol. The highest BCUT2D eigenvalue weighted by atomic mass is 16.4. The van der Waals surface area contributed by atoms with Crippen molar-refractivity contribution >= 4 is 11.7 Å². The highest BCUT2D eigenvalue weighted by Gasteiger charge is 2.20. The van der Waals surface area contributed by atoms with Crippen molar-refractivity contribution in [2.45, 2.75) is 38.6 Å². The summed E-state index contributed by atoms with van der Waals surface area (Å²) in [5.74, 6) is -0.175. The molecule has 0 amide bonds. The Labute approximate surface area is 102 Å². The average Bonchev–Trinajstić information content (AvgIpc) is 2.33. The molecule has 0 radical (unpaired) electrons. The normalized spacial score (nSPS) is 24.3. The summed E-state index contributed by atoms with van der Waals surface area (Å²) in [7, 11) is 0. The van der Waals surface area contributed by atoms with Gasteiger partial charge in [0.15, 0.2) is 0 Å². The second kappa shape index (κ2) is 5.21. The summed E-state index contributed by atoms with van der Waals surface area (Å²) in [5.41, 5.74) is 1.36. The predicted molar refractivity (Wildman–Crippen MR) is 68.4 cm³/mol. The second-order valence-electron chi connectivity index (χ2n) is 4.90. The third kappa shape index (κ3) is 2.99. The van der Waals surface area contributed by atoms with E-state index < -0.39 is 5.97 Å². The molecule has 0 unspecified atom stereocenters. The van der Waals surface area contributed by atoms with Crippen LogP contribution in [0.2, 0.25) is 0 Å². The molecule has 2 rings (SSSR count). The molecular weight excluding hydrogens is 214 g/mol. The number of benzene rings is 1. The number of carboxylic acid groups (broad SMARTS) is 1. The second-order valence-corrected chi connectivity index (χ2v) is 4.90. The first-order valence-electron chi connectivity index (χ1n) is 6.26. The first-order valence-corrected chi connectivity index (χ1v) is 6.26. The van der Waals surface area contributed by atoms with Crippen LogP contribution in [0.4, 0.5) is 5.69 Å². The lowest BCUT2D eigenvalue weighted by molar-refractivity contribution is 0.0697. The summed E-state index contributed by atoms with van der Waals surface area (Å²) in [6, 6.07) is 7.53. The first-order chi connectivity index (χ1) is 8.16. The number of aromatic carboxylic acids is 1. The van der Waals surface area contributed by atoms with Crippen molar-refractivity contribution in [3.8, 4) is 0 Å². The molecule has 0 spiro atoms. The van der Waals surface area contributed by atoms with Crippen LogP contribution in [0.15, 0.2) is 24.3 Å². The van der Waals surface area contributed by atoms with E-state index in [9.17, 15) is 4.79 Å². The molecule has 1 aromatic carbocycles. The molecule has 1 saturated carbocycles.